The lowest BCUT2D eigenvalue weighted by atomic mass is 10.1. The van der Waals surface area contributed by atoms with Crippen molar-refractivity contribution < 1.29 is 0 Å². The summed E-state index contributed by atoms with van der Waals surface area (Å²) in [6.45, 7) is 2.02. The number of H-pyrrole nitrogens is 1. The first-order valence-electron chi connectivity index (χ1n) is 4.92. The van der Waals surface area contributed by atoms with Gasteiger partial charge in [-0.1, -0.05) is 6.92 Å². The van der Waals surface area contributed by atoms with Crippen LogP contribution in [0.3, 0.4) is 0 Å². The monoisotopic (exact) mass is 188 g/mol. The first kappa shape index (κ1) is 9.01. The van der Waals surface area contributed by atoms with Crippen LogP contribution in [0.4, 0.5) is 0 Å². The molecule has 0 spiro atoms. The van der Waals surface area contributed by atoms with Crippen molar-refractivity contribution in [3.63, 3.8) is 0 Å². The van der Waals surface area contributed by atoms with Gasteiger partial charge in [-0.3, -0.25) is 4.79 Å². The number of nitriles is 1. The Morgan fingerprint density at radius 1 is 1.64 bits per heavy atom. The molecule has 0 bridgehead atoms. The highest BCUT2D eigenvalue weighted by molar-refractivity contribution is 5.37. The van der Waals surface area contributed by atoms with Crippen LogP contribution < -0.4 is 5.56 Å². The van der Waals surface area contributed by atoms with E-state index in [4.69, 9.17) is 5.26 Å². The van der Waals surface area contributed by atoms with Gasteiger partial charge >= 0.3 is 0 Å². The number of hydrogen-bond donors (Lipinski definition) is 1. The van der Waals surface area contributed by atoms with Gasteiger partial charge in [-0.2, -0.15) is 5.26 Å². The van der Waals surface area contributed by atoms with E-state index in [1.165, 1.54) is 18.4 Å². The second-order valence-electron chi connectivity index (χ2n) is 3.69. The summed E-state index contributed by atoms with van der Waals surface area (Å²) in [5.41, 5.74) is 2.15. The Balaban J connectivity index is 2.57. The summed E-state index contributed by atoms with van der Waals surface area (Å²) < 4.78 is 0. The van der Waals surface area contributed by atoms with Crippen molar-refractivity contribution in [3.05, 3.63) is 33.2 Å². The highest BCUT2D eigenvalue weighted by atomic mass is 16.1. The van der Waals surface area contributed by atoms with Crippen molar-refractivity contribution >= 4 is 0 Å². The fraction of sp³-hybridized carbons (Fsp3) is 0.455. The van der Waals surface area contributed by atoms with Gasteiger partial charge in [0.25, 0.3) is 5.56 Å². The van der Waals surface area contributed by atoms with Crippen LogP contribution in [-0.4, -0.2) is 4.98 Å². The topological polar surface area (TPSA) is 56.6 Å². The molecule has 1 saturated carbocycles. The Morgan fingerprint density at radius 2 is 2.36 bits per heavy atom. The van der Waals surface area contributed by atoms with Gasteiger partial charge in [0.05, 0.1) is 0 Å². The zero-order valence-corrected chi connectivity index (χ0v) is 8.13. The van der Waals surface area contributed by atoms with E-state index in [2.05, 4.69) is 4.98 Å². The van der Waals surface area contributed by atoms with Crippen molar-refractivity contribution in [2.75, 3.05) is 0 Å². The fourth-order valence-electron chi connectivity index (χ4n) is 1.72. The average molecular weight is 188 g/mol. The van der Waals surface area contributed by atoms with Crippen LogP contribution in [0.15, 0.2) is 10.9 Å². The van der Waals surface area contributed by atoms with Crippen molar-refractivity contribution in [2.45, 2.75) is 32.1 Å². The van der Waals surface area contributed by atoms with E-state index < -0.39 is 0 Å². The second kappa shape index (κ2) is 3.30. The molecule has 1 aliphatic rings. The SMILES string of the molecule is CCc1[nH]c(=O)c(C#N)cc1C1CC1. The highest BCUT2D eigenvalue weighted by Gasteiger charge is 2.26. The maximum atomic E-state index is 11.3. The minimum absolute atomic E-state index is 0.240. The first-order valence-corrected chi connectivity index (χ1v) is 4.92. The fourth-order valence-corrected chi connectivity index (χ4v) is 1.72. The summed E-state index contributed by atoms with van der Waals surface area (Å²) in [6, 6.07) is 3.69. The Hall–Kier alpha value is -1.56. The zero-order chi connectivity index (χ0) is 10.1. The Kier molecular flexibility index (Phi) is 2.12. The number of rotatable bonds is 2. The molecular weight excluding hydrogens is 176 g/mol. The van der Waals surface area contributed by atoms with Gasteiger partial charge in [-0.05, 0) is 36.8 Å². The van der Waals surface area contributed by atoms with Crippen molar-refractivity contribution in [1.82, 2.24) is 4.98 Å². The lowest BCUT2D eigenvalue weighted by molar-refractivity contribution is 0.937. The molecule has 1 N–H and O–H groups in total. The molecule has 0 aromatic carbocycles. The normalized spacial score (nSPS) is 15.1. The molecule has 72 valence electrons. The van der Waals surface area contributed by atoms with Crippen LogP contribution in [0.2, 0.25) is 0 Å². The van der Waals surface area contributed by atoms with Crippen LogP contribution in [0.1, 0.15) is 42.5 Å². The number of hydrogen-bond acceptors (Lipinski definition) is 2. The highest BCUT2D eigenvalue weighted by Crippen LogP contribution is 2.41. The summed E-state index contributed by atoms with van der Waals surface area (Å²) in [6.07, 6.45) is 3.20. The molecule has 14 heavy (non-hydrogen) atoms. The van der Waals surface area contributed by atoms with E-state index in [1.54, 1.807) is 6.07 Å². The molecule has 1 heterocycles. The summed E-state index contributed by atoms with van der Waals surface area (Å²) in [4.78, 5) is 14.1. The standard InChI is InChI=1S/C11H12N2O/c1-2-10-9(7-3-4-7)5-8(6-12)11(14)13-10/h5,7H,2-4H2,1H3,(H,13,14). The number of aromatic nitrogens is 1. The van der Waals surface area contributed by atoms with E-state index in [-0.39, 0.29) is 11.1 Å². The largest absolute Gasteiger partial charge is 0.325 e. The van der Waals surface area contributed by atoms with Crippen molar-refractivity contribution in [1.29, 1.82) is 5.26 Å². The first-order chi connectivity index (χ1) is 6.76. The van der Waals surface area contributed by atoms with Crippen molar-refractivity contribution in [3.8, 4) is 6.07 Å². The molecule has 1 aliphatic carbocycles. The maximum absolute atomic E-state index is 11.3. The lowest BCUT2D eigenvalue weighted by Gasteiger charge is -2.05. The van der Waals surface area contributed by atoms with E-state index in [0.29, 0.717) is 5.92 Å². The van der Waals surface area contributed by atoms with Gasteiger partial charge in [0.2, 0.25) is 0 Å². The summed E-state index contributed by atoms with van der Waals surface area (Å²) in [5, 5.41) is 8.74. The summed E-state index contributed by atoms with van der Waals surface area (Å²) in [5.74, 6) is 0.578. The van der Waals surface area contributed by atoms with Gasteiger partial charge < -0.3 is 4.98 Å². The molecule has 0 atom stereocenters. The summed E-state index contributed by atoms with van der Waals surface area (Å²) >= 11 is 0. The number of pyridine rings is 1. The third-order valence-electron chi connectivity index (χ3n) is 2.65. The quantitative estimate of drug-likeness (QED) is 0.767. The lowest BCUT2D eigenvalue weighted by Crippen LogP contribution is -2.14. The molecule has 1 aromatic rings. The number of aromatic amines is 1. The zero-order valence-electron chi connectivity index (χ0n) is 8.13. The maximum Gasteiger partial charge on any atom is 0.266 e. The minimum atomic E-state index is -0.256. The average Bonchev–Trinajstić information content (AvgIpc) is 3.01. The van der Waals surface area contributed by atoms with Crippen LogP contribution in [-0.2, 0) is 6.42 Å². The molecule has 0 radical (unpaired) electrons. The van der Waals surface area contributed by atoms with Crippen molar-refractivity contribution in [2.24, 2.45) is 0 Å². The third kappa shape index (κ3) is 1.44. The molecule has 2 rings (SSSR count). The number of nitrogens with one attached hydrogen (secondary N) is 1. The molecule has 0 unspecified atom stereocenters. The number of aryl methyl sites for hydroxylation is 1. The van der Waals surface area contributed by atoms with Gasteiger partial charge in [-0.15, -0.1) is 0 Å². The molecule has 3 heteroatoms. The number of nitrogens with zero attached hydrogens (tertiary/aromatic N) is 1. The molecule has 1 aromatic heterocycles. The molecular formula is C11H12N2O. The van der Waals surface area contributed by atoms with Crippen LogP contribution in [0.5, 0.6) is 0 Å². The van der Waals surface area contributed by atoms with E-state index in [1.807, 2.05) is 13.0 Å². The Bertz CT molecular complexity index is 449. The van der Waals surface area contributed by atoms with E-state index >= 15 is 0 Å². The molecule has 0 amide bonds. The van der Waals surface area contributed by atoms with Gasteiger partial charge in [-0.25, -0.2) is 0 Å². The third-order valence-corrected chi connectivity index (χ3v) is 2.65. The molecule has 3 nitrogen and oxygen atoms in total. The minimum Gasteiger partial charge on any atom is -0.325 e. The predicted molar refractivity (Wildman–Crippen MR) is 53.1 cm³/mol. The van der Waals surface area contributed by atoms with Gasteiger partial charge in [0, 0.05) is 5.69 Å². The Morgan fingerprint density at radius 3 is 2.86 bits per heavy atom. The molecule has 0 saturated heterocycles. The van der Waals surface area contributed by atoms with E-state index in [0.717, 1.165) is 12.1 Å². The van der Waals surface area contributed by atoms with Crippen LogP contribution in [0, 0.1) is 11.3 Å². The molecule has 1 fully saturated rings. The summed E-state index contributed by atoms with van der Waals surface area (Å²) in [7, 11) is 0. The smallest absolute Gasteiger partial charge is 0.266 e. The Labute approximate surface area is 82.4 Å². The second-order valence-corrected chi connectivity index (χ2v) is 3.69. The predicted octanol–water partition coefficient (Wildman–Crippen LogP) is 1.69. The van der Waals surface area contributed by atoms with Gasteiger partial charge in [0.15, 0.2) is 0 Å². The molecule has 0 aliphatic heterocycles. The van der Waals surface area contributed by atoms with Crippen LogP contribution >= 0.6 is 0 Å². The van der Waals surface area contributed by atoms with E-state index in [9.17, 15) is 4.79 Å². The van der Waals surface area contributed by atoms with Gasteiger partial charge in [0.1, 0.15) is 11.6 Å². The van der Waals surface area contributed by atoms with Crippen LogP contribution in [0.25, 0.3) is 0 Å².